The third kappa shape index (κ3) is 3.70. The molecule has 8 heteroatoms. The van der Waals surface area contributed by atoms with E-state index in [1.165, 1.54) is 0 Å². The molecule has 5 rings (SSSR count). The number of quaternary nitrogens is 1. The molecule has 0 aromatic rings. The third-order valence-electron chi connectivity index (χ3n) is 10.7. The number of cyclic esters (lactones) is 1. The Morgan fingerprint density at radius 1 is 1.11 bits per heavy atom. The Morgan fingerprint density at radius 3 is 2.47 bits per heavy atom. The van der Waals surface area contributed by atoms with Crippen molar-refractivity contribution in [2.45, 2.75) is 82.0 Å². The van der Waals surface area contributed by atoms with Gasteiger partial charge in [0.15, 0.2) is 6.54 Å². The van der Waals surface area contributed by atoms with E-state index in [0.29, 0.717) is 43.2 Å². The first-order chi connectivity index (χ1) is 16.8. The summed E-state index contributed by atoms with van der Waals surface area (Å²) in [6.07, 6.45) is 7.36. The van der Waals surface area contributed by atoms with Crippen molar-refractivity contribution in [2.24, 2.45) is 28.6 Å². The van der Waals surface area contributed by atoms with Gasteiger partial charge in [0, 0.05) is 17.9 Å². The van der Waals surface area contributed by atoms with Crippen molar-refractivity contribution in [1.29, 1.82) is 0 Å². The first kappa shape index (κ1) is 25.9. The van der Waals surface area contributed by atoms with Gasteiger partial charge in [0.25, 0.3) is 0 Å². The van der Waals surface area contributed by atoms with E-state index >= 15 is 0 Å². The lowest BCUT2D eigenvalue weighted by Crippen LogP contribution is -2.69. The second-order valence-corrected chi connectivity index (χ2v) is 13.5. The maximum Gasteiger partial charge on any atom is 0.362 e. The molecule has 0 amide bonds. The number of esters is 2. The first-order valence-corrected chi connectivity index (χ1v) is 13.6. The average Bonchev–Trinajstić information content (AvgIpc) is 3.31. The van der Waals surface area contributed by atoms with Crippen molar-refractivity contribution >= 4 is 18.2 Å². The van der Waals surface area contributed by atoms with E-state index in [0.717, 1.165) is 31.1 Å². The number of nitrogens with zero attached hydrogens (tertiary/aromatic N) is 1. The number of hydrogen-bond acceptors (Lipinski definition) is 7. The predicted octanol–water partition coefficient (Wildman–Crippen LogP) is 2.16. The second-order valence-electron chi connectivity index (χ2n) is 13.5. The van der Waals surface area contributed by atoms with Crippen LogP contribution in [-0.2, 0) is 23.9 Å². The molecule has 5 aliphatic rings. The zero-order valence-electron chi connectivity index (χ0n) is 22.1. The molecule has 0 aromatic heterocycles. The van der Waals surface area contributed by atoms with Crippen LogP contribution < -0.4 is 0 Å². The lowest BCUT2D eigenvalue weighted by Gasteiger charge is -2.65. The van der Waals surface area contributed by atoms with Crippen LogP contribution in [0.1, 0.15) is 64.7 Å². The van der Waals surface area contributed by atoms with E-state index in [1.807, 2.05) is 21.1 Å². The molecular formula is C28H42NO7+. The van der Waals surface area contributed by atoms with Crippen molar-refractivity contribution < 1.29 is 38.6 Å². The SMILES string of the molecule is C[C@]12CC[C@@H]3[C@H](CC[C@]4(O)C[C@H](OC(=O)C[N+](C)(C)C)CC[C@]34C=O)[C@@]1(O)CC[C@H]2C1=CC(=O)OC1. The number of aldehydes is 1. The fourth-order valence-corrected chi connectivity index (χ4v) is 9.03. The molecule has 0 unspecified atom stereocenters. The highest BCUT2D eigenvalue weighted by Crippen LogP contribution is 2.70. The molecule has 0 radical (unpaired) electrons. The largest absolute Gasteiger partial charge is 0.458 e. The molecule has 1 heterocycles. The third-order valence-corrected chi connectivity index (χ3v) is 10.7. The normalized spacial score (nSPS) is 46.2. The van der Waals surface area contributed by atoms with E-state index in [1.54, 1.807) is 6.08 Å². The van der Waals surface area contributed by atoms with Gasteiger partial charge in [-0.3, -0.25) is 0 Å². The van der Waals surface area contributed by atoms with E-state index in [9.17, 15) is 24.6 Å². The quantitative estimate of drug-likeness (QED) is 0.335. The number of likely N-dealkylation sites (N-methyl/N-ethyl adjacent to an activating group) is 1. The van der Waals surface area contributed by atoms with Crippen molar-refractivity contribution in [3.63, 3.8) is 0 Å². The minimum Gasteiger partial charge on any atom is -0.458 e. The summed E-state index contributed by atoms with van der Waals surface area (Å²) >= 11 is 0. The predicted molar refractivity (Wildman–Crippen MR) is 130 cm³/mol. The van der Waals surface area contributed by atoms with Gasteiger partial charge in [0.1, 0.15) is 19.0 Å². The molecule has 2 N–H and O–H groups in total. The Morgan fingerprint density at radius 2 is 1.83 bits per heavy atom. The number of ether oxygens (including phenoxy) is 2. The lowest BCUT2D eigenvalue weighted by molar-refractivity contribution is -0.862. The van der Waals surface area contributed by atoms with Crippen LogP contribution in [0.3, 0.4) is 0 Å². The molecule has 8 atom stereocenters. The number of carbonyl (C=O) groups is 3. The fraction of sp³-hybridized carbons (Fsp3) is 0.821. The van der Waals surface area contributed by atoms with Gasteiger partial charge >= 0.3 is 11.9 Å². The first-order valence-electron chi connectivity index (χ1n) is 13.6. The van der Waals surface area contributed by atoms with E-state index in [2.05, 4.69) is 6.92 Å². The van der Waals surface area contributed by atoms with E-state index in [-0.39, 0.29) is 42.7 Å². The highest BCUT2D eigenvalue weighted by molar-refractivity contribution is 5.85. The maximum atomic E-state index is 12.9. The molecule has 1 aliphatic heterocycles. The van der Waals surface area contributed by atoms with Crippen molar-refractivity contribution in [1.82, 2.24) is 0 Å². The average molecular weight is 505 g/mol. The molecule has 4 aliphatic carbocycles. The molecular weight excluding hydrogens is 462 g/mol. The topological polar surface area (TPSA) is 110 Å². The summed E-state index contributed by atoms with van der Waals surface area (Å²) < 4.78 is 11.4. The van der Waals surface area contributed by atoms with Gasteiger partial charge in [0.05, 0.1) is 37.8 Å². The van der Waals surface area contributed by atoms with Crippen LogP contribution in [-0.4, -0.2) is 84.5 Å². The Labute approximate surface area is 213 Å². The molecule has 0 aromatic carbocycles. The minimum absolute atomic E-state index is 0.0826. The molecule has 4 saturated carbocycles. The van der Waals surface area contributed by atoms with Gasteiger partial charge in [0.2, 0.25) is 0 Å². The zero-order valence-corrected chi connectivity index (χ0v) is 22.1. The Balaban J connectivity index is 1.38. The zero-order chi connectivity index (χ0) is 26.1. The van der Waals surface area contributed by atoms with Crippen LogP contribution >= 0.6 is 0 Å². The van der Waals surface area contributed by atoms with Crippen LogP contribution in [0.2, 0.25) is 0 Å². The van der Waals surface area contributed by atoms with Gasteiger partial charge in [-0.2, -0.15) is 0 Å². The summed E-state index contributed by atoms with van der Waals surface area (Å²) in [6.45, 7) is 2.69. The molecule has 0 bridgehead atoms. The number of fused-ring (bicyclic) bond motifs is 5. The number of carbonyl (C=O) groups excluding carboxylic acids is 3. The van der Waals surface area contributed by atoms with Crippen molar-refractivity contribution in [2.75, 3.05) is 34.3 Å². The summed E-state index contributed by atoms with van der Waals surface area (Å²) in [7, 11) is 5.78. The summed E-state index contributed by atoms with van der Waals surface area (Å²) in [4.78, 5) is 37.1. The summed E-state index contributed by atoms with van der Waals surface area (Å²) in [6, 6.07) is 0. The van der Waals surface area contributed by atoms with Gasteiger partial charge in [-0.05, 0) is 74.7 Å². The van der Waals surface area contributed by atoms with Crippen LogP contribution in [0.15, 0.2) is 11.6 Å². The van der Waals surface area contributed by atoms with Gasteiger partial charge in [-0.1, -0.05) is 6.92 Å². The second kappa shape index (κ2) is 8.37. The van der Waals surface area contributed by atoms with Crippen LogP contribution in [0.4, 0.5) is 0 Å². The van der Waals surface area contributed by atoms with Crippen molar-refractivity contribution in [3.05, 3.63) is 11.6 Å². The molecule has 0 spiro atoms. The minimum atomic E-state index is -1.24. The molecule has 0 saturated heterocycles. The number of hydrogen-bond donors (Lipinski definition) is 2. The number of aliphatic hydroxyl groups is 2. The van der Waals surface area contributed by atoms with Gasteiger partial charge < -0.3 is 29.0 Å². The van der Waals surface area contributed by atoms with E-state index < -0.39 is 28.1 Å². The number of rotatable bonds is 5. The molecule has 36 heavy (non-hydrogen) atoms. The highest BCUT2D eigenvalue weighted by Gasteiger charge is 2.71. The van der Waals surface area contributed by atoms with Crippen LogP contribution in [0.25, 0.3) is 0 Å². The van der Waals surface area contributed by atoms with Crippen LogP contribution in [0.5, 0.6) is 0 Å². The van der Waals surface area contributed by atoms with E-state index in [4.69, 9.17) is 9.47 Å². The lowest BCUT2D eigenvalue weighted by atomic mass is 9.41. The Kier molecular flexibility index (Phi) is 6.01. The summed E-state index contributed by atoms with van der Waals surface area (Å²) in [5.74, 6) is -0.725. The fourth-order valence-electron chi connectivity index (χ4n) is 9.03. The highest BCUT2D eigenvalue weighted by atomic mass is 16.5. The molecule has 4 fully saturated rings. The summed E-state index contributed by atoms with van der Waals surface area (Å²) in [5, 5.41) is 24.3. The monoisotopic (exact) mass is 504 g/mol. The van der Waals surface area contributed by atoms with Gasteiger partial charge in [-0.25, -0.2) is 9.59 Å². The Hall–Kier alpha value is -1.77. The van der Waals surface area contributed by atoms with Crippen LogP contribution in [0, 0.1) is 28.6 Å². The Bertz CT molecular complexity index is 987. The standard InChI is InChI=1S/C28H42NO7/c1-25-9-6-21-22(28(25,34)12-8-20(25)18-13-23(31)35-16-18)7-11-27(33)14-19(5-10-26(21,27)17-30)36-24(32)15-29(2,3)4/h13,17,19-22,33-34H,5-12,14-16H2,1-4H3/q+1/t19-,20+,21-,22+,25-,26+,27+,28+/m1/s1. The van der Waals surface area contributed by atoms with Gasteiger partial charge in [-0.15, -0.1) is 0 Å². The smallest absolute Gasteiger partial charge is 0.362 e. The summed E-state index contributed by atoms with van der Waals surface area (Å²) in [5.41, 5.74) is -2.57. The van der Waals surface area contributed by atoms with Crippen molar-refractivity contribution in [3.8, 4) is 0 Å². The maximum absolute atomic E-state index is 12.9. The molecule has 8 nitrogen and oxygen atoms in total. The molecule has 200 valence electrons.